The first-order valence-corrected chi connectivity index (χ1v) is 8.39. The highest BCUT2D eigenvalue weighted by Crippen LogP contribution is 2.30. The third kappa shape index (κ3) is 3.49. The molecule has 0 aromatic carbocycles. The molecular weight excluding hydrogens is 262 g/mol. The lowest BCUT2D eigenvalue weighted by atomic mass is 9.94. The van der Waals surface area contributed by atoms with E-state index in [1.54, 1.807) is 0 Å². The fourth-order valence-electron chi connectivity index (χ4n) is 3.13. The molecular formula is C17H29N3O. The van der Waals surface area contributed by atoms with Crippen LogP contribution in [-0.4, -0.2) is 47.0 Å². The maximum atomic E-state index is 6.02. The highest BCUT2D eigenvalue weighted by Gasteiger charge is 2.31. The topological polar surface area (TPSA) is 32.5 Å². The van der Waals surface area contributed by atoms with E-state index in [9.17, 15) is 0 Å². The first-order valence-electron chi connectivity index (χ1n) is 8.39. The van der Waals surface area contributed by atoms with E-state index in [4.69, 9.17) is 4.42 Å². The second-order valence-electron chi connectivity index (χ2n) is 7.65. The molecule has 0 amide bonds. The molecule has 118 valence electrons. The Morgan fingerprint density at radius 3 is 2.57 bits per heavy atom. The summed E-state index contributed by atoms with van der Waals surface area (Å²) in [7, 11) is 0. The molecule has 1 saturated carbocycles. The number of aromatic nitrogens is 1. The molecule has 0 radical (unpaired) electrons. The van der Waals surface area contributed by atoms with Crippen LogP contribution < -0.4 is 0 Å². The molecule has 4 heteroatoms. The largest absolute Gasteiger partial charge is 0.443 e. The first-order chi connectivity index (χ1) is 9.95. The third-order valence-corrected chi connectivity index (χ3v) is 4.80. The van der Waals surface area contributed by atoms with Crippen LogP contribution in [0.5, 0.6) is 0 Å². The molecule has 3 rings (SSSR count). The molecule has 1 saturated heterocycles. The van der Waals surface area contributed by atoms with Crippen LogP contribution in [0.15, 0.2) is 10.6 Å². The Morgan fingerprint density at radius 1 is 1.19 bits per heavy atom. The van der Waals surface area contributed by atoms with E-state index in [-0.39, 0.29) is 11.5 Å². The summed E-state index contributed by atoms with van der Waals surface area (Å²) in [4.78, 5) is 9.73. The van der Waals surface area contributed by atoms with Crippen LogP contribution >= 0.6 is 0 Å². The Balaban J connectivity index is 1.64. The van der Waals surface area contributed by atoms with Gasteiger partial charge in [0.05, 0.1) is 12.2 Å². The fourth-order valence-corrected chi connectivity index (χ4v) is 3.13. The Kier molecular flexibility index (Phi) is 4.10. The van der Waals surface area contributed by atoms with Crippen LogP contribution in [0.25, 0.3) is 0 Å². The zero-order valence-electron chi connectivity index (χ0n) is 13.9. The van der Waals surface area contributed by atoms with Crippen molar-refractivity contribution in [2.45, 2.75) is 64.5 Å². The van der Waals surface area contributed by atoms with Gasteiger partial charge in [0.25, 0.3) is 0 Å². The van der Waals surface area contributed by atoms with Gasteiger partial charge in [0.2, 0.25) is 5.89 Å². The van der Waals surface area contributed by atoms with E-state index < -0.39 is 0 Å². The molecule has 1 aliphatic carbocycles. The van der Waals surface area contributed by atoms with Crippen molar-refractivity contribution in [3.63, 3.8) is 0 Å². The van der Waals surface area contributed by atoms with Gasteiger partial charge >= 0.3 is 0 Å². The minimum absolute atomic E-state index is 0.0343. The molecule has 0 spiro atoms. The molecule has 2 fully saturated rings. The molecule has 1 aromatic rings. The fraction of sp³-hybridized carbons (Fsp3) is 0.824. The summed E-state index contributed by atoms with van der Waals surface area (Å²) in [5.74, 6) is 1.86. The predicted molar refractivity (Wildman–Crippen MR) is 84.4 cm³/mol. The van der Waals surface area contributed by atoms with E-state index in [1.807, 2.05) is 6.20 Å². The van der Waals surface area contributed by atoms with Crippen molar-refractivity contribution in [2.75, 3.05) is 26.2 Å². The van der Waals surface area contributed by atoms with Crippen LogP contribution in [0, 0.1) is 0 Å². The lowest BCUT2D eigenvalue weighted by Gasteiger charge is -2.25. The second-order valence-corrected chi connectivity index (χ2v) is 7.65. The minimum atomic E-state index is 0.0343. The van der Waals surface area contributed by atoms with Crippen molar-refractivity contribution in [1.82, 2.24) is 14.8 Å². The van der Waals surface area contributed by atoms with E-state index in [2.05, 4.69) is 42.5 Å². The smallest absolute Gasteiger partial charge is 0.211 e. The van der Waals surface area contributed by atoms with Gasteiger partial charge in [0.1, 0.15) is 5.76 Å². The van der Waals surface area contributed by atoms with Crippen molar-refractivity contribution in [3.05, 3.63) is 17.8 Å². The van der Waals surface area contributed by atoms with Gasteiger partial charge in [0, 0.05) is 31.1 Å². The van der Waals surface area contributed by atoms with Crippen LogP contribution in [0.1, 0.15) is 64.7 Å². The number of hydrogen-bond acceptors (Lipinski definition) is 4. The SMILES string of the molecule is CC(c1ncc(C(C)(C)C)o1)N1CCCN(C2CC2)CC1. The van der Waals surface area contributed by atoms with Gasteiger partial charge in [-0.2, -0.15) is 0 Å². The molecule has 0 N–H and O–H groups in total. The molecule has 1 unspecified atom stereocenters. The zero-order chi connectivity index (χ0) is 15.0. The Morgan fingerprint density at radius 2 is 1.95 bits per heavy atom. The van der Waals surface area contributed by atoms with Gasteiger partial charge in [-0.3, -0.25) is 9.80 Å². The van der Waals surface area contributed by atoms with Crippen LogP contribution in [0.2, 0.25) is 0 Å². The van der Waals surface area contributed by atoms with Crippen LogP contribution in [-0.2, 0) is 5.41 Å². The molecule has 1 aromatic heterocycles. The zero-order valence-corrected chi connectivity index (χ0v) is 13.9. The molecule has 0 bridgehead atoms. The molecule has 1 aliphatic heterocycles. The summed E-state index contributed by atoms with van der Waals surface area (Å²) in [5.41, 5.74) is 0.0343. The Labute approximate surface area is 128 Å². The van der Waals surface area contributed by atoms with E-state index in [0.717, 1.165) is 30.8 Å². The standard InChI is InChI=1S/C17H29N3O/c1-13(16-18-12-15(21-16)17(2,3)4)19-8-5-9-20(11-10-19)14-6-7-14/h12-14H,5-11H2,1-4H3. The van der Waals surface area contributed by atoms with Crippen molar-refractivity contribution in [3.8, 4) is 0 Å². The minimum Gasteiger partial charge on any atom is -0.443 e. The lowest BCUT2D eigenvalue weighted by Crippen LogP contribution is -2.33. The maximum Gasteiger partial charge on any atom is 0.211 e. The predicted octanol–water partition coefficient (Wildman–Crippen LogP) is 3.20. The van der Waals surface area contributed by atoms with Gasteiger partial charge in [-0.1, -0.05) is 20.8 Å². The van der Waals surface area contributed by atoms with Crippen molar-refractivity contribution in [2.24, 2.45) is 0 Å². The Bertz CT molecular complexity index is 473. The lowest BCUT2D eigenvalue weighted by molar-refractivity contribution is 0.179. The number of nitrogens with zero attached hydrogens (tertiary/aromatic N) is 3. The average molecular weight is 291 g/mol. The average Bonchev–Trinajstić information content (AvgIpc) is 3.17. The second kappa shape index (κ2) is 5.73. The monoisotopic (exact) mass is 291 g/mol. The molecule has 2 heterocycles. The van der Waals surface area contributed by atoms with Gasteiger partial charge in [0.15, 0.2) is 0 Å². The van der Waals surface area contributed by atoms with Crippen LogP contribution in [0.4, 0.5) is 0 Å². The van der Waals surface area contributed by atoms with E-state index in [1.165, 1.54) is 32.4 Å². The molecule has 21 heavy (non-hydrogen) atoms. The maximum absolute atomic E-state index is 6.02. The summed E-state index contributed by atoms with van der Waals surface area (Å²) in [5, 5.41) is 0. The number of hydrogen-bond donors (Lipinski definition) is 0. The van der Waals surface area contributed by atoms with Gasteiger partial charge in [-0.15, -0.1) is 0 Å². The van der Waals surface area contributed by atoms with Crippen molar-refractivity contribution in [1.29, 1.82) is 0 Å². The quantitative estimate of drug-likeness (QED) is 0.856. The summed E-state index contributed by atoms with van der Waals surface area (Å²) >= 11 is 0. The Hall–Kier alpha value is -0.870. The van der Waals surface area contributed by atoms with Gasteiger partial charge in [-0.25, -0.2) is 4.98 Å². The normalized spacial score (nSPS) is 24.0. The summed E-state index contributed by atoms with van der Waals surface area (Å²) in [6, 6.07) is 1.16. The van der Waals surface area contributed by atoms with Crippen molar-refractivity contribution < 1.29 is 4.42 Å². The van der Waals surface area contributed by atoms with E-state index in [0.29, 0.717) is 0 Å². The van der Waals surface area contributed by atoms with Crippen LogP contribution in [0.3, 0.4) is 0 Å². The summed E-state index contributed by atoms with van der Waals surface area (Å²) in [6.45, 7) is 13.5. The van der Waals surface area contributed by atoms with Gasteiger partial charge < -0.3 is 4.42 Å². The molecule has 2 aliphatic rings. The van der Waals surface area contributed by atoms with E-state index >= 15 is 0 Å². The number of oxazole rings is 1. The summed E-state index contributed by atoms with van der Waals surface area (Å²) in [6.07, 6.45) is 5.97. The highest BCUT2D eigenvalue weighted by molar-refractivity contribution is 5.07. The van der Waals surface area contributed by atoms with Crippen molar-refractivity contribution >= 4 is 0 Å². The first kappa shape index (κ1) is 15.0. The summed E-state index contributed by atoms with van der Waals surface area (Å²) < 4.78 is 6.02. The third-order valence-electron chi connectivity index (χ3n) is 4.80. The highest BCUT2D eigenvalue weighted by atomic mass is 16.4. The van der Waals surface area contributed by atoms with Gasteiger partial charge in [-0.05, 0) is 32.7 Å². The number of rotatable bonds is 3. The molecule has 1 atom stereocenters. The molecule has 4 nitrogen and oxygen atoms in total.